The second-order valence-corrected chi connectivity index (χ2v) is 3.51. The van der Waals surface area contributed by atoms with Crippen molar-refractivity contribution in [2.45, 2.75) is 0 Å². The number of nitriles is 1. The van der Waals surface area contributed by atoms with Crippen LogP contribution < -0.4 is 0 Å². The highest BCUT2D eigenvalue weighted by Crippen LogP contribution is 2.20. The fraction of sp³-hybridized carbons (Fsp3) is 0. The second kappa shape index (κ2) is 3.68. The Kier molecular flexibility index (Phi) is 2.06. The summed E-state index contributed by atoms with van der Waals surface area (Å²) in [4.78, 5) is 15.2. The van der Waals surface area contributed by atoms with Gasteiger partial charge >= 0.3 is 0 Å². The lowest BCUT2D eigenvalue weighted by atomic mass is 10.1. The number of hydrogen-bond donors (Lipinski definition) is 1. The summed E-state index contributed by atoms with van der Waals surface area (Å²) >= 11 is 0. The van der Waals surface area contributed by atoms with Gasteiger partial charge in [-0.1, -0.05) is 6.07 Å². The summed E-state index contributed by atoms with van der Waals surface area (Å²) in [6.45, 7) is 0. The van der Waals surface area contributed by atoms with Crippen molar-refractivity contribution in [1.29, 1.82) is 5.26 Å². The van der Waals surface area contributed by atoms with Crippen LogP contribution >= 0.6 is 0 Å². The summed E-state index contributed by atoms with van der Waals surface area (Å²) in [6.07, 6.45) is 3.23. The Hall–Kier alpha value is -2.74. The van der Waals surface area contributed by atoms with E-state index in [-0.39, 0.29) is 5.82 Å². The fourth-order valence-corrected chi connectivity index (χ4v) is 1.67. The quantitative estimate of drug-likeness (QED) is 0.680. The zero-order valence-electron chi connectivity index (χ0n) is 8.75. The van der Waals surface area contributed by atoms with E-state index in [9.17, 15) is 0 Å². The summed E-state index contributed by atoms with van der Waals surface area (Å²) in [5, 5.41) is 8.76. The minimum Gasteiger partial charge on any atom is -0.345 e. The molecule has 0 fully saturated rings. The smallest absolute Gasteiger partial charge is 0.232 e. The van der Waals surface area contributed by atoms with E-state index in [2.05, 4.69) is 19.9 Å². The molecule has 5 heteroatoms. The minimum absolute atomic E-state index is 0.173. The molecule has 0 saturated heterocycles. The first-order valence-corrected chi connectivity index (χ1v) is 5.03. The minimum atomic E-state index is 0.173. The predicted octanol–water partition coefficient (Wildman–Crippen LogP) is 1.89. The molecular weight excluding hydrogens is 214 g/mol. The van der Waals surface area contributed by atoms with Gasteiger partial charge in [-0.2, -0.15) is 5.26 Å². The van der Waals surface area contributed by atoms with Crippen LogP contribution in [-0.4, -0.2) is 19.9 Å². The van der Waals surface area contributed by atoms with Crippen molar-refractivity contribution in [3.05, 3.63) is 42.6 Å². The number of aromatic nitrogens is 4. The first-order chi connectivity index (χ1) is 8.36. The normalized spacial score (nSPS) is 10.3. The van der Waals surface area contributed by atoms with Crippen LogP contribution in [-0.2, 0) is 0 Å². The first kappa shape index (κ1) is 9.48. The van der Waals surface area contributed by atoms with Crippen LogP contribution in [0.2, 0.25) is 0 Å². The van der Waals surface area contributed by atoms with Crippen LogP contribution in [0, 0.1) is 11.3 Å². The Morgan fingerprint density at radius 2 is 2.12 bits per heavy atom. The molecule has 0 aliphatic carbocycles. The number of nitrogens with one attached hydrogen (secondary N) is 1. The molecule has 0 saturated carbocycles. The molecular formula is C12H7N5. The largest absolute Gasteiger partial charge is 0.345 e. The number of hydrogen-bond acceptors (Lipinski definition) is 4. The van der Waals surface area contributed by atoms with Crippen LogP contribution in [0.4, 0.5) is 0 Å². The maximum atomic E-state index is 8.76. The van der Waals surface area contributed by atoms with Crippen LogP contribution in [0.25, 0.3) is 22.3 Å². The van der Waals surface area contributed by atoms with E-state index in [0.717, 1.165) is 22.3 Å². The topological polar surface area (TPSA) is 78.2 Å². The van der Waals surface area contributed by atoms with E-state index in [1.807, 2.05) is 24.3 Å². The van der Waals surface area contributed by atoms with E-state index in [0.29, 0.717) is 0 Å². The first-order valence-electron chi connectivity index (χ1n) is 5.03. The van der Waals surface area contributed by atoms with Gasteiger partial charge in [0.2, 0.25) is 5.82 Å². The number of aromatic amines is 1. The molecule has 2 heterocycles. The monoisotopic (exact) mass is 221 g/mol. The van der Waals surface area contributed by atoms with Crippen molar-refractivity contribution in [2.24, 2.45) is 0 Å². The van der Waals surface area contributed by atoms with E-state index < -0.39 is 0 Å². The van der Waals surface area contributed by atoms with Crippen molar-refractivity contribution in [3.63, 3.8) is 0 Å². The summed E-state index contributed by atoms with van der Waals surface area (Å²) in [5.41, 5.74) is 3.51. The maximum Gasteiger partial charge on any atom is 0.232 e. The van der Waals surface area contributed by atoms with Crippen molar-refractivity contribution in [3.8, 4) is 17.3 Å². The molecule has 0 atom stereocenters. The molecule has 0 aliphatic heterocycles. The van der Waals surface area contributed by atoms with Gasteiger partial charge in [0, 0.05) is 11.8 Å². The zero-order chi connectivity index (χ0) is 11.7. The lowest BCUT2D eigenvalue weighted by Crippen LogP contribution is -1.90. The summed E-state index contributed by atoms with van der Waals surface area (Å²) in [7, 11) is 0. The van der Waals surface area contributed by atoms with Gasteiger partial charge in [-0.15, -0.1) is 0 Å². The van der Waals surface area contributed by atoms with E-state index >= 15 is 0 Å². The molecule has 3 rings (SSSR count). The van der Waals surface area contributed by atoms with Gasteiger partial charge in [-0.05, 0) is 18.2 Å². The van der Waals surface area contributed by atoms with Crippen molar-refractivity contribution in [2.75, 3.05) is 0 Å². The highest BCUT2D eigenvalue weighted by Gasteiger charge is 2.03. The van der Waals surface area contributed by atoms with Gasteiger partial charge in [0.05, 0.1) is 23.1 Å². The van der Waals surface area contributed by atoms with Crippen molar-refractivity contribution in [1.82, 2.24) is 19.9 Å². The van der Waals surface area contributed by atoms with Gasteiger partial charge in [0.1, 0.15) is 6.07 Å². The van der Waals surface area contributed by atoms with E-state index in [1.54, 1.807) is 18.6 Å². The maximum absolute atomic E-state index is 8.76. The van der Waals surface area contributed by atoms with Gasteiger partial charge in [0.15, 0.2) is 0 Å². The average molecular weight is 221 g/mol. The Morgan fingerprint density at radius 1 is 1.18 bits per heavy atom. The Morgan fingerprint density at radius 3 is 3.00 bits per heavy atom. The van der Waals surface area contributed by atoms with Gasteiger partial charge in [0.25, 0.3) is 0 Å². The lowest BCUT2D eigenvalue weighted by molar-refractivity contribution is 1.12. The SMILES string of the molecule is N#Cc1nccc(-c2ccc3nc[nH]c3c2)n1. The van der Waals surface area contributed by atoms with Gasteiger partial charge < -0.3 is 4.98 Å². The Labute approximate surface area is 96.8 Å². The highest BCUT2D eigenvalue weighted by atomic mass is 14.9. The predicted molar refractivity (Wildman–Crippen MR) is 61.8 cm³/mol. The number of nitrogens with zero attached hydrogens (tertiary/aromatic N) is 4. The van der Waals surface area contributed by atoms with E-state index in [4.69, 9.17) is 5.26 Å². The molecule has 0 bridgehead atoms. The second-order valence-electron chi connectivity index (χ2n) is 3.51. The molecule has 0 radical (unpaired) electrons. The zero-order valence-corrected chi connectivity index (χ0v) is 8.75. The fourth-order valence-electron chi connectivity index (χ4n) is 1.67. The molecule has 0 spiro atoms. The summed E-state index contributed by atoms with van der Waals surface area (Å²) in [5.74, 6) is 0.173. The number of rotatable bonds is 1. The number of benzene rings is 1. The third-order valence-electron chi connectivity index (χ3n) is 2.47. The third-order valence-corrected chi connectivity index (χ3v) is 2.47. The molecule has 17 heavy (non-hydrogen) atoms. The van der Waals surface area contributed by atoms with Crippen LogP contribution in [0.15, 0.2) is 36.8 Å². The standard InChI is InChI=1S/C12H7N5/c13-6-12-14-4-3-9(17-12)8-1-2-10-11(5-8)16-7-15-10/h1-5,7H,(H,15,16). The van der Waals surface area contributed by atoms with Crippen molar-refractivity contribution >= 4 is 11.0 Å². The molecule has 3 aromatic rings. The van der Waals surface area contributed by atoms with E-state index in [1.165, 1.54) is 0 Å². The van der Waals surface area contributed by atoms with Crippen LogP contribution in [0.5, 0.6) is 0 Å². The number of imidazole rings is 1. The molecule has 1 aromatic carbocycles. The van der Waals surface area contributed by atoms with Gasteiger partial charge in [-0.25, -0.2) is 15.0 Å². The summed E-state index contributed by atoms with van der Waals surface area (Å²) in [6, 6.07) is 9.49. The summed E-state index contributed by atoms with van der Waals surface area (Å²) < 4.78 is 0. The number of H-pyrrole nitrogens is 1. The Bertz CT molecular complexity index is 723. The molecule has 5 nitrogen and oxygen atoms in total. The van der Waals surface area contributed by atoms with Gasteiger partial charge in [-0.3, -0.25) is 0 Å². The number of fused-ring (bicyclic) bond motifs is 1. The van der Waals surface area contributed by atoms with Crippen LogP contribution in [0.3, 0.4) is 0 Å². The van der Waals surface area contributed by atoms with Crippen LogP contribution in [0.1, 0.15) is 5.82 Å². The molecule has 0 amide bonds. The molecule has 1 N–H and O–H groups in total. The highest BCUT2D eigenvalue weighted by molar-refractivity contribution is 5.80. The van der Waals surface area contributed by atoms with Crippen molar-refractivity contribution < 1.29 is 0 Å². The molecule has 0 aliphatic rings. The molecule has 2 aromatic heterocycles. The Balaban J connectivity index is 2.16. The lowest BCUT2D eigenvalue weighted by Gasteiger charge is -2.00. The molecule has 0 unspecified atom stereocenters. The third kappa shape index (κ3) is 1.62. The average Bonchev–Trinajstić information content (AvgIpc) is 2.86. The molecule has 80 valence electrons.